The first-order chi connectivity index (χ1) is 13.4. The normalized spacial score (nSPS) is 15.3. The van der Waals surface area contributed by atoms with Gasteiger partial charge in [-0.3, -0.25) is 9.48 Å². The molecular formula is C19H22F2N6O. The summed E-state index contributed by atoms with van der Waals surface area (Å²) in [7, 11) is 0. The first-order valence-corrected chi connectivity index (χ1v) is 9.35. The van der Waals surface area contributed by atoms with E-state index in [1.165, 1.54) is 10.7 Å². The van der Waals surface area contributed by atoms with Crippen LogP contribution in [0.2, 0.25) is 0 Å². The van der Waals surface area contributed by atoms with Gasteiger partial charge in [-0.1, -0.05) is 0 Å². The fourth-order valence-corrected chi connectivity index (χ4v) is 3.47. The van der Waals surface area contributed by atoms with E-state index in [1.54, 1.807) is 17.8 Å². The maximum absolute atomic E-state index is 13.6. The molecule has 0 saturated heterocycles. The monoisotopic (exact) mass is 388 g/mol. The molecule has 0 bridgehead atoms. The predicted octanol–water partition coefficient (Wildman–Crippen LogP) is 2.96. The van der Waals surface area contributed by atoms with E-state index in [-0.39, 0.29) is 30.0 Å². The van der Waals surface area contributed by atoms with Crippen molar-refractivity contribution >= 4 is 16.9 Å². The maximum Gasteiger partial charge on any atom is 0.264 e. The first kappa shape index (κ1) is 18.5. The number of hydrogen-bond acceptors (Lipinski definition) is 4. The second-order valence-electron chi connectivity index (χ2n) is 7.35. The minimum atomic E-state index is -2.61. The van der Waals surface area contributed by atoms with Gasteiger partial charge in [-0.2, -0.15) is 10.2 Å². The summed E-state index contributed by atoms with van der Waals surface area (Å²) in [5, 5.41) is 11.7. The number of alkyl halides is 2. The van der Waals surface area contributed by atoms with Crippen LogP contribution < -0.4 is 5.32 Å². The number of aromatic nitrogens is 5. The molecule has 3 aromatic heterocycles. The summed E-state index contributed by atoms with van der Waals surface area (Å²) < 4.78 is 30.4. The number of hydrogen-bond donors (Lipinski definition) is 1. The predicted molar refractivity (Wildman–Crippen MR) is 99.0 cm³/mol. The number of rotatable bonds is 7. The fourth-order valence-electron chi connectivity index (χ4n) is 3.47. The molecule has 148 valence electrons. The van der Waals surface area contributed by atoms with E-state index < -0.39 is 6.43 Å². The van der Waals surface area contributed by atoms with Gasteiger partial charge in [-0.15, -0.1) is 0 Å². The molecule has 3 heterocycles. The van der Waals surface area contributed by atoms with Crippen molar-refractivity contribution < 1.29 is 13.6 Å². The smallest absolute Gasteiger partial charge is 0.264 e. The van der Waals surface area contributed by atoms with Crippen LogP contribution in [0.3, 0.4) is 0 Å². The maximum atomic E-state index is 13.6. The number of fused-ring (bicyclic) bond motifs is 1. The molecule has 1 N–H and O–H groups in total. The number of nitrogens with zero attached hydrogens (tertiary/aromatic N) is 5. The Bertz CT molecular complexity index is 994. The van der Waals surface area contributed by atoms with Gasteiger partial charge >= 0.3 is 0 Å². The van der Waals surface area contributed by atoms with Crippen LogP contribution in [0.25, 0.3) is 11.0 Å². The van der Waals surface area contributed by atoms with Crippen LogP contribution in [0.15, 0.2) is 24.5 Å². The van der Waals surface area contributed by atoms with Gasteiger partial charge < -0.3 is 5.32 Å². The molecular weight excluding hydrogens is 366 g/mol. The van der Waals surface area contributed by atoms with Gasteiger partial charge in [0, 0.05) is 35.6 Å². The summed E-state index contributed by atoms with van der Waals surface area (Å²) in [6, 6.07) is 3.18. The van der Waals surface area contributed by atoms with Crippen LogP contribution in [0.4, 0.5) is 8.78 Å². The first-order valence-electron chi connectivity index (χ1n) is 9.35. The standard InChI is InChI=1S/C19H22F2N6O/c1-11(9-26-7-3-6-22-26)23-16(28)10-27-19-17(12(2)25-27)14(18(20)21)8-15(24-19)13-4-5-13/h3,6-8,11,13,18H,4-5,9-10H2,1-2H3,(H,23,28). The highest BCUT2D eigenvalue weighted by Gasteiger charge is 2.29. The van der Waals surface area contributed by atoms with E-state index in [0.717, 1.165) is 12.8 Å². The van der Waals surface area contributed by atoms with Crippen molar-refractivity contribution in [2.24, 2.45) is 0 Å². The molecule has 28 heavy (non-hydrogen) atoms. The largest absolute Gasteiger partial charge is 0.350 e. The zero-order valence-electron chi connectivity index (χ0n) is 15.8. The van der Waals surface area contributed by atoms with E-state index in [0.29, 0.717) is 29.0 Å². The second kappa shape index (κ2) is 7.29. The van der Waals surface area contributed by atoms with E-state index in [2.05, 4.69) is 20.5 Å². The highest BCUT2D eigenvalue weighted by molar-refractivity contribution is 5.85. The van der Waals surface area contributed by atoms with Crippen molar-refractivity contribution in [2.75, 3.05) is 0 Å². The van der Waals surface area contributed by atoms with Crippen molar-refractivity contribution in [3.63, 3.8) is 0 Å². The van der Waals surface area contributed by atoms with Crippen molar-refractivity contribution in [1.29, 1.82) is 0 Å². The zero-order chi connectivity index (χ0) is 19.8. The molecule has 0 radical (unpaired) electrons. The Balaban J connectivity index is 1.57. The summed E-state index contributed by atoms with van der Waals surface area (Å²) in [5.41, 5.74) is 1.42. The third-order valence-corrected chi connectivity index (χ3v) is 4.88. The van der Waals surface area contributed by atoms with E-state index in [9.17, 15) is 13.6 Å². The lowest BCUT2D eigenvalue weighted by atomic mass is 10.1. The summed E-state index contributed by atoms with van der Waals surface area (Å²) in [5.74, 6) is -0.0187. The Labute approximate surface area is 160 Å². The molecule has 1 aliphatic carbocycles. The molecule has 0 spiro atoms. The van der Waals surface area contributed by atoms with Gasteiger partial charge in [0.1, 0.15) is 6.54 Å². The highest BCUT2D eigenvalue weighted by atomic mass is 19.3. The fraction of sp³-hybridized carbons (Fsp3) is 0.474. The number of pyridine rings is 1. The van der Waals surface area contributed by atoms with Crippen LogP contribution in [0.5, 0.6) is 0 Å². The molecule has 4 rings (SSSR count). The van der Waals surface area contributed by atoms with Crippen LogP contribution in [-0.2, 0) is 17.9 Å². The number of halogens is 2. The number of carbonyl (C=O) groups is 1. The Morgan fingerprint density at radius 1 is 1.39 bits per heavy atom. The van der Waals surface area contributed by atoms with Crippen LogP contribution in [0, 0.1) is 6.92 Å². The third-order valence-electron chi connectivity index (χ3n) is 4.88. The van der Waals surface area contributed by atoms with Gasteiger partial charge in [0.2, 0.25) is 5.91 Å². The molecule has 1 atom stereocenters. The SMILES string of the molecule is Cc1nn(CC(=O)NC(C)Cn2cccn2)c2nc(C3CC3)cc(C(F)F)c12. The molecule has 1 amide bonds. The average Bonchev–Trinajstić information content (AvgIpc) is 3.29. The summed E-state index contributed by atoms with van der Waals surface area (Å²) >= 11 is 0. The van der Waals surface area contributed by atoms with Crippen LogP contribution in [-0.4, -0.2) is 36.5 Å². The number of amides is 1. The van der Waals surface area contributed by atoms with Crippen molar-refractivity contribution in [3.8, 4) is 0 Å². The summed E-state index contributed by atoms with van der Waals surface area (Å²) in [4.78, 5) is 17.0. The van der Waals surface area contributed by atoms with Gasteiger partial charge in [0.15, 0.2) is 5.65 Å². The molecule has 1 fully saturated rings. The van der Waals surface area contributed by atoms with Crippen LogP contribution >= 0.6 is 0 Å². The summed E-state index contributed by atoms with van der Waals surface area (Å²) in [6.45, 7) is 4.01. The molecule has 0 aliphatic heterocycles. The van der Waals surface area contributed by atoms with E-state index >= 15 is 0 Å². The van der Waals surface area contributed by atoms with Gasteiger partial charge in [0.05, 0.1) is 17.6 Å². The lowest BCUT2D eigenvalue weighted by Gasteiger charge is -2.14. The summed E-state index contributed by atoms with van der Waals surface area (Å²) in [6.07, 6.45) is 2.81. The van der Waals surface area contributed by atoms with Gasteiger partial charge in [-0.05, 0) is 38.8 Å². The Kier molecular flexibility index (Phi) is 4.82. The number of carbonyl (C=O) groups excluding carboxylic acids is 1. The van der Waals surface area contributed by atoms with Gasteiger partial charge in [-0.25, -0.2) is 18.4 Å². The van der Waals surface area contributed by atoms with Gasteiger partial charge in [0.25, 0.3) is 6.43 Å². The molecule has 3 aromatic rings. The zero-order valence-corrected chi connectivity index (χ0v) is 15.8. The highest BCUT2D eigenvalue weighted by Crippen LogP contribution is 2.41. The van der Waals surface area contributed by atoms with Crippen LogP contribution in [0.1, 0.15) is 49.1 Å². The minimum absolute atomic E-state index is 0.0527. The quantitative estimate of drug-likeness (QED) is 0.675. The number of nitrogens with one attached hydrogen (secondary N) is 1. The topological polar surface area (TPSA) is 77.6 Å². The third kappa shape index (κ3) is 3.74. The molecule has 0 aromatic carbocycles. The minimum Gasteiger partial charge on any atom is -0.350 e. The average molecular weight is 388 g/mol. The van der Waals surface area contributed by atoms with Crippen molar-refractivity contribution in [2.45, 2.75) is 58.2 Å². The Morgan fingerprint density at radius 3 is 2.82 bits per heavy atom. The van der Waals surface area contributed by atoms with Crippen molar-refractivity contribution in [3.05, 3.63) is 41.5 Å². The Morgan fingerprint density at radius 2 is 2.18 bits per heavy atom. The lowest BCUT2D eigenvalue weighted by Crippen LogP contribution is -2.38. The van der Waals surface area contributed by atoms with E-state index in [4.69, 9.17) is 0 Å². The second-order valence-corrected chi connectivity index (χ2v) is 7.35. The lowest BCUT2D eigenvalue weighted by molar-refractivity contribution is -0.122. The Hall–Kier alpha value is -2.84. The molecule has 9 heteroatoms. The number of aryl methyl sites for hydroxylation is 1. The molecule has 1 unspecified atom stereocenters. The van der Waals surface area contributed by atoms with Crippen molar-refractivity contribution in [1.82, 2.24) is 29.9 Å². The molecule has 1 aliphatic rings. The molecule has 7 nitrogen and oxygen atoms in total. The van der Waals surface area contributed by atoms with E-state index in [1.807, 2.05) is 19.2 Å². The molecule has 1 saturated carbocycles.